The fourth-order valence-corrected chi connectivity index (χ4v) is 0. The maximum Gasteiger partial charge on any atom is 2.00 e. The molecule has 2 nitrogen and oxygen atoms in total. The van der Waals surface area contributed by atoms with Crippen molar-refractivity contribution < 1.29 is 30.7 Å². The second kappa shape index (κ2) is 37.0. The normalized spacial score (nSPS) is 3.71. The van der Waals surface area contributed by atoms with Gasteiger partial charge in [-0.3, -0.25) is 12.6 Å². The Balaban J connectivity index is -0.0000000400. The molecule has 0 aliphatic heterocycles. The molecule has 0 spiro atoms. The van der Waals surface area contributed by atoms with Crippen molar-refractivity contribution in [2.75, 3.05) is 0 Å². The monoisotopic (exact) mass is 281 g/mol. The number of rotatable bonds is 0. The molecule has 0 unspecified atom stereocenters. The van der Waals surface area contributed by atoms with Crippen LogP contribution in [0.25, 0.3) is 0 Å². The minimum Gasteiger partial charge on any atom is -0.542 e. The predicted molar refractivity (Wildman–Crippen MR) is 22.7 cm³/mol. The van der Waals surface area contributed by atoms with Gasteiger partial charge in [-0.15, -0.1) is 0 Å². The predicted octanol–water partition coefficient (Wildman–Crippen LogP) is 0.230. The zero-order valence-corrected chi connectivity index (χ0v) is 6.40. The third-order valence-electron chi connectivity index (χ3n) is 0. The fraction of sp³-hybridized carbons (Fsp3) is 0.500. The summed E-state index contributed by atoms with van der Waals surface area (Å²) in [5.74, 6) is 0. The first kappa shape index (κ1) is 15.7. The van der Waals surface area contributed by atoms with Crippen LogP contribution in [0.15, 0.2) is 0 Å². The maximum absolute atomic E-state index is 8.68. The molecule has 0 aromatic rings. The van der Waals surface area contributed by atoms with Crippen molar-refractivity contribution >= 4 is 12.6 Å². The summed E-state index contributed by atoms with van der Waals surface area (Å²) in [4.78, 5) is 17.4. The number of carbonyl (C=O) groups excluding carboxylic acids is 2. The Morgan fingerprint density at radius 1 is 1.00 bits per heavy atom. The van der Waals surface area contributed by atoms with Crippen molar-refractivity contribution in [1.82, 2.24) is 0 Å². The third kappa shape index (κ3) is 122000. The van der Waals surface area contributed by atoms with E-state index in [0.717, 1.165) is 0 Å². The van der Waals surface area contributed by atoms with Crippen LogP contribution >= 0.6 is 0 Å². The molecule has 0 rings (SSSR count). The van der Waals surface area contributed by atoms with E-state index in [9.17, 15) is 0 Å². The Bertz CT molecular complexity index is 30.7. The SMILES string of the molecule is C[C-]=O.C[C-]=O.[Pt+2]. The molecule has 0 aromatic carbocycles. The molecule has 0 bridgehead atoms. The molecule has 7 heavy (non-hydrogen) atoms. The van der Waals surface area contributed by atoms with E-state index in [1.54, 1.807) is 0 Å². The van der Waals surface area contributed by atoms with Crippen molar-refractivity contribution in [3.63, 3.8) is 0 Å². The van der Waals surface area contributed by atoms with Crippen molar-refractivity contribution in [2.45, 2.75) is 13.8 Å². The van der Waals surface area contributed by atoms with Crippen LogP contribution in [0.1, 0.15) is 13.8 Å². The van der Waals surface area contributed by atoms with Crippen LogP contribution in [0.2, 0.25) is 0 Å². The molecular formula is C4H6O2Pt. The Hall–Kier alpha value is 0.0283. The van der Waals surface area contributed by atoms with Crippen LogP contribution in [0.4, 0.5) is 0 Å². The molecule has 0 saturated heterocycles. The summed E-state index contributed by atoms with van der Waals surface area (Å²) in [5.41, 5.74) is 0. The quantitative estimate of drug-likeness (QED) is 0.596. The van der Waals surface area contributed by atoms with Gasteiger partial charge >= 0.3 is 21.1 Å². The van der Waals surface area contributed by atoms with Crippen LogP contribution < -0.4 is 0 Å². The summed E-state index contributed by atoms with van der Waals surface area (Å²) in [6.45, 7) is 2.64. The Morgan fingerprint density at radius 3 is 1.00 bits per heavy atom. The van der Waals surface area contributed by atoms with Crippen LogP contribution in [-0.4, -0.2) is 12.6 Å². The average molecular weight is 281 g/mol. The molecule has 0 heterocycles. The van der Waals surface area contributed by atoms with Gasteiger partial charge in [0.05, 0.1) is 0 Å². The smallest absolute Gasteiger partial charge is 0.542 e. The first-order chi connectivity index (χ1) is 2.83. The zero-order chi connectivity index (χ0) is 5.41. The minimum atomic E-state index is 0. The van der Waals surface area contributed by atoms with E-state index in [1.165, 1.54) is 26.4 Å². The summed E-state index contributed by atoms with van der Waals surface area (Å²) < 4.78 is 0. The van der Waals surface area contributed by atoms with Crippen molar-refractivity contribution in [2.24, 2.45) is 0 Å². The second-order valence-corrected chi connectivity index (χ2v) is 0.408. The number of hydrogen-bond acceptors (Lipinski definition) is 2. The van der Waals surface area contributed by atoms with Gasteiger partial charge in [-0.05, 0) is 0 Å². The molecule has 0 atom stereocenters. The van der Waals surface area contributed by atoms with E-state index in [4.69, 9.17) is 9.59 Å². The van der Waals surface area contributed by atoms with Gasteiger partial charge in [-0.25, -0.2) is 0 Å². The average Bonchev–Trinajstić information content (AvgIpc) is 1.39. The van der Waals surface area contributed by atoms with Gasteiger partial charge in [0.1, 0.15) is 0 Å². The molecule has 0 radical (unpaired) electrons. The van der Waals surface area contributed by atoms with Gasteiger partial charge in [0, 0.05) is 0 Å². The summed E-state index contributed by atoms with van der Waals surface area (Å²) in [7, 11) is 0. The van der Waals surface area contributed by atoms with Crippen LogP contribution in [-0.2, 0) is 30.7 Å². The molecule has 0 amide bonds. The topological polar surface area (TPSA) is 34.1 Å². The fourth-order valence-electron chi connectivity index (χ4n) is 0. The largest absolute Gasteiger partial charge is 2.00 e. The summed E-state index contributed by atoms with van der Waals surface area (Å²) >= 11 is 0. The van der Waals surface area contributed by atoms with E-state index in [-0.39, 0.29) is 21.1 Å². The summed E-state index contributed by atoms with van der Waals surface area (Å²) in [6.07, 6.45) is 3.00. The molecule has 0 saturated carbocycles. The molecule has 0 aliphatic rings. The minimum absolute atomic E-state index is 0. The number of hydrogen-bond donors (Lipinski definition) is 0. The first-order valence-corrected chi connectivity index (χ1v) is 1.41. The molecule has 0 N–H and O–H groups in total. The van der Waals surface area contributed by atoms with Gasteiger partial charge in [0.15, 0.2) is 0 Å². The Labute approximate surface area is 57.6 Å². The molecule has 0 aliphatic carbocycles. The standard InChI is InChI=1S/2C2H3O.Pt/c2*1-2-3;/h2*1H3;/q2*-1;+2. The first-order valence-electron chi connectivity index (χ1n) is 1.41. The van der Waals surface area contributed by atoms with Gasteiger partial charge < -0.3 is 9.59 Å². The van der Waals surface area contributed by atoms with E-state index in [0.29, 0.717) is 0 Å². The van der Waals surface area contributed by atoms with Crippen LogP contribution in [0.5, 0.6) is 0 Å². The zero-order valence-electron chi connectivity index (χ0n) is 4.13. The van der Waals surface area contributed by atoms with Crippen LogP contribution in [0, 0.1) is 0 Å². The third-order valence-corrected chi connectivity index (χ3v) is 0. The Kier molecular flexibility index (Phi) is 83.3. The van der Waals surface area contributed by atoms with E-state index < -0.39 is 0 Å². The van der Waals surface area contributed by atoms with Crippen molar-refractivity contribution in [3.8, 4) is 0 Å². The summed E-state index contributed by atoms with van der Waals surface area (Å²) in [5, 5.41) is 0. The van der Waals surface area contributed by atoms with E-state index >= 15 is 0 Å². The maximum atomic E-state index is 8.68. The van der Waals surface area contributed by atoms with Gasteiger partial charge in [-0.1, -0.05) is 0 Å². The summed E-state index contributed by atoms with van der Waals surface area (Å²) in [6, 6.07) is 0. The Morgan fingerprint density at radius 2 is 1.00 bits per heavy atom. The second-order valence-electron chi connectivity index (χ2n) is 0.408. The van der Waals surface area contributed by atoms with Gasteiger partial charge in [0.2, 0.25) is 0 Å². The molecule has 0 aromatic heterocycles. The van der Waals surface area contributed by atoms with E-state index in [2.05, 4.69) is 0 Å². The molecule has 3 heteroatoms. The van der Waals surface area contributed by atoms with Crippen molar-refractivity contribution in [1.29, 1.82) is 0 Å². The van der Waals surface area contributed by atoms with Crippen LogP contribution in [0.3, 0.4) is 0 Å². The van der Waals surface area contributed by atoms with E-state index in [1.807, 2.05) is 0 Å². The molecule has 44 valence electrons. The molecule has 0 fully saturated rings. The van der Waals surface area contributed by atoms with Crippen molar-refractivity contribution in [3.05, 3.63) is 0 Å². The van der Waals surface area contributed by atoms with Gasteiger partial charge in [0.25, 0.3) is 0 Å². The van der Waals surface area contributed by atoms with Gasteiger partial charge in [-0.2, -0.15) is 13.8 Å². The molecular weight excluding hydrogens is 275 g/mol.